The first-order chi connectivity index (χ1) is 11.5. The number of amides is 1. The Labute approximate surface area is 143 Å². The molecule has 1 N–H and O–H groups in total. The number of carbonyl (C=O) groups is 3. The summed E-state index contributed by atoms with van der Waals surface area (Å²) in [5.41, 5.74) is 0.414. The molecular formula is C18H27NO5. The van der Waals surface area contributed by atoms with Crippen molar-refractivity contribution in [2.45, 2.75) is 33.1 Å². The van der Waals surface area contributed by atoms with Crippen molar-refractivity contribution in [3.8, 4) is 11.5 Å². The molecule has 6 heteroatoms. The second-order valence-corrected chi connectivity index (χ2v) is 5.20. The average molecular weight is 337 g/mol. The number of methoxy groups -OCH3 is 1. The number of unbranched alkanes of at least 4 members (excludes halogenated alkanes) is 1. The zero-order valence-electron chi connectivity index (χ0n) is 14.8. The number of para-hydroxylation sites is 1. The molecule has 0 fully saturated rings. The van der Waals surface area contributed by atoms with E-state index in [2.05, 4.69) is 12.2 Å². The molecule has 1 aromatic rings. The molecule has 0 saturated heterocycles. The predicted molar refractivity (Wildman–Crippen MR) is 92.7 cm³/mol. The summed E-state index contributed by atoms with van der Waals surface area (Å²) in [6.07, 6.45) is 4.26. The molecule has 0 bridgehead atoms. The summed E-state index contributed by atoms with van der Waals surface area (Å²) < 4.78 is 10.5. The first-order valence-electron chi connectivity index (χ1n) is 7.94. The predicted octanol–water partition coefficient (Wildman–Crippen LogP) is 2.64. The van der Waals surface area contributed by atoms with E-state index in [1.165, 1.54) is 7.11 Å². The van der Waals surface area contributed by atoms with Gasteiger partial charge in [-0.05, 0) is 18.6 Å². The largest absolute Gasteiger partial charge is 0.493 e. The molecule has 1 atom stereocenters. The van der Waals surface area contributed by atoms with Crippen molar-refractivity contribution in [2.75, 3.05) is 20.8 Å². The van der Waals surface area contributed by atoms with Crippen molar-refractivity contribution in [2.24, 2.45) is 5.92 Å². The Morgan fingerprint density at radius 2 is 2.04 bits per heavy atom. The maximum atomic E-state index is 10.8. The monoisotopic (exact) mass is 337 g/mol. The molecule has 0 aliphatic rings. The fourth-order valence-electron chi connectivity index (χ4n) is 1.66. The van der Waals surface area contributed by atoms with Crippen LogP contribution < -0.4 is 14.8 Å². The molecule has 24 heavy (non-hydrogen) atoms. The minimum atomic E-state index is -0.218. The van der Waals surface area contributed by atoms with Gasteiger partial charge in [-0.3, -0.25) is 9.59 Å². The summed E-state index contributed by atoms with van der Waals surface area (Å²) >= 11 is 0. The summed E-state index contributed by atoms with van der Waals surface area (Å²) in [6.45, 7) is 4.04. The Hall–Kier alpha value is -2.37. The number of aldehydes is 2. The lowest BCUT2D eigenvalue weighted by atomic mass is 10.2. The molecule has 1 unspecified atom stereocenters. The Kier molecular flexibility index (Phi) is 11.8. The van der Waals surface area contributed by atoms with Crippen molar-refractivity contribution in [1.29, 1.82) is 0 Å². The fraction of sp³-hybridized carbons (Fsp3) is 0.500. The van der Waals surface area contributed by atoms with Gasteiger partial charge >= 0.3 is 0 Å². The van der Waals surface area contributed by atoms with Crippen LogP contribution in [0.4, 0.5) is 0 Å². The Balaban J connectivity index is 0.000000561. The molecule has 134 valence electrons. The summed E-state index contributed by atoms with van der Waals surface area (Å²) in [5, 5.41) is 2.56. The van der Waals surface area contributed by atoms with Crippen LogP contribution in [-0.2, 0) is 9.59 Å². The second kappa shape index (κ2) is 13.1. The van der Waals surface area contributed by atoms with Crippen molar-refractivity contribution < 1.29 is 23.9 Å². The quantitative estimate of drug-likeness (QED) is 0.701. The zero-order valence-corrected chi connectivity index (χ0v) is 14.8. The van der Waals surface area contributed by atoms with E-state index in [1.807, 2.05) is 0 Å². The third-order valence-electron chi connectivity index (χ3n) is 3.12. The van der Waals surface area contributed by atoms with Crippen LogP contribution in [0.15, 0.2) is 18.2 Å². The van der Waals surface area contributed by atoms with Crippen molar-refractivity contribution in [1.82, 2.24) is 5.32 Å². The minimum Gasteiger partial charge on any atom is -0.493 e. The van der Waals surface area contributed by atoms with Gasteiger partial charge in [0.2, 0.25) is 5.91 Å². The number of rotatable bonds is 9. The molecular weight excluding hydrogens is 310 g/mol. The SMILES string of the molecule is CCCCC(=O)NC.COc1cccc(C=O)c1OCC(C)C=O. The molecule has 0 saturated carbocycles. The molecule has 1 aromatic carbocycles. The Morgan fingerprint density at radius 3 is 2.54 bits per heavy atom. The van der Waals surface area contributed by atoms with Gasteiger partial charge in [0.25, 0.3) is 0 Å². The molecule has 1 rings (SSSR count). The third kappa shape index (κ3) is 8.31. The normalized spacial score (nSPS) is 10.7. The summed E-state index contributed by atoms with van der Waals surface area (Å²) in [7, 11) is 3.16. The number of nitrogens with one attached hydrogen (secondary N) is 1. The summed E-state index contributed by atoms with van der Waals surface area (Å²) in [5.74, 6) is 0.799. The van der Waals surface area contributed by atoms with Gasteiger partial charge in [0, 0.05) is 19.4 Å². The lowest BCUT2D eigenvalue weighted by molar-refractivity contribution is -0.120. The average Bonchev–Trinajstić information content (AvgIpc) is 2.63. The van der Waals surface area contributed by atoms with E-state index in [0.29, 0.717) is 29.8 Å². The van der Waals surface area contributed by atoms with Crippen molar-refractivity contribution >= 4 is 18.5 Å². The summed E-state index contributed by atoms with van der Waals surface area (Å²) in [4.78, 5) is 31.7. The third-order valence-corrected chi connectivity index (χ3v) is 3.12. The van der Waals surface area contributed by atoms with Gasteiger partial charge in [0.05, 0.1) is 19.3 Å². The van der Waals surface area contributed by atoms with Crippen LogP contribution in [0.2, 0.25) is 0 Å². The number of hydrogen-bond acceptors (Lipinski definition) is 5. The molecule has 0 aromatic heterocycles. The highest BCUT2D eigenvalue weighted by Crippen LogP contribution is 2.30. The maximum absolute atomic E-state index is 10.8. The molecule has 0 aliphatic heterocycles. The van der Waals surface area contributed by atoms with Gasteiger partial charge in [-0.2, -0.15) is 0 Å². The van der Waals surface area contributed by atoms with Gasteiger partial charge in [-0.15, -0.1) is 0 Å². The van der Waals surface area contributed by atoms with Gasteiger partial charge in [0.15, 0.2) is 17.8 Å². The van der Waals surface area contributed by atoms with Crippen LogP contribution in [-0.4, -0.2) is 39.2 Å². The number of benzene rings is 1. The smallest absolute Gasteiger partial charge is 0.219 e. The van der Waals surface area contributed by atoms with Crippen LogP contribution in [0.5, 0.6) is 11.5 Å². The van der Waals surface area contributed by atoms with Crippen LogP contribution in [0.25, 0.3) is 0 Å². The maximum Gasteiger partial charge on any atom is 0.219 e. The van der Waals surface area contributed by atoms with E-state index in [9.17, 15) is 14.4 Å². The van der Waals surface area contributed by atoms with Crippen LogP contribution >= 0.6 is 0 Å². The van der Waals surface area contributed by atoms with E-state index >= 15 is 0 Å². The van der Waals surface area contributed by atoms with Crippen molar-refractivity contribution in [3.05, 3.63) is 23.8 Å². The minimum absolute atomic E-state index is 0.145. The summed E-state index contributed by atoms with van der Waals surface area (Å²) in [6, 6.07) is 5.04. The highest BCUT2D eigenvalue weighted by molar-refractivity contribution is 5.81. The van der Waals surface area contributed by atoms with E-state index in [0.717, 1.165) is 19.1 Å². The first-order valence-corrected chi connectivity index (χ1v) is 7.94. The molecule has 0 spiro atoms. The standard InChI is InChI=1S/C12H14O4.C6H13NO/c1-9(6-13)8-16-12-10(7-14)4-3-5-11(12)15-2;1-3-4-5-6(8)7-2/h3-7,9H,8H2,1-2H3;3-5H2,1-2H3,(H,7,8). The van der Waals surface area contributed by atoms with Crippen LogP contribution in [0.3, 0.4) is 0 Å². The molecule has 0 aliphatic carbocycles. The van der Waals surface area contributed by atoms with Crippen LogP contribution in [0, 0.1) is 5.92 Å². The Bertz CT molecular complexity index is 516. The van der Waals surface area contributed by atoms with Gasteiger partial charge in [-0.25, -0.2) is 0 Å². The Morgan fingerprint density at radius 1 is 1.33 bits per heavy atom. The highest BCUT2D eigenvalue weighted by atomic mass is 16.5. The zero-order chi connectivity index (χ0) is 18.4. The highest BCUT2D eigenvalue weighted by Gasteiger charge is 2.11. The van der Waals surface area contributed by atoms with E-state index in [1.54, 1.807) is 32.2 Å². The lowest BCUT2D eigenvalue weighted by Crippen LogP contribution is -2.16. The number of carbonyl (C=O) groups excluding carboxylic acids is 3. The van der Waals surface area contributed by atoms with Crippen LogP contribution in [0.1, 0.15) is 43.5 Å². The molecule has 1 amide bonds. The van der Waals surface area contributed by atoms with E-state index in [4.69, 9.17) is 9.47 Å². The fourth-order valence-corrected chi connectivity index (χ4v) is 1.66. The number of hydrogen-bond donors (Lipinski definition) is 1. The lowest BCUT2D eigenvalue weighted by Gasteiger charge is -2.13. The topological polar surface area (TPSA) is 81.7 Å². The van der Waals surface area contributed by atoms with E-state index < -0.39 is 0 Å². The molecule has 0 radical (unpaired) electrons. The van der Waals surface area contributed by atoms with Gasteiger partial charge < -0.3 is 19.6 Å². The second-order valence-electron chi connectivity index (χ2n) is 5.20. The van der Waals surface area contributed by atoms with Gasteiger partial charge in [-0.1, -0.05) is 26.3 Å². The van der Waals surface area contributed by atoms with Gasteiger partial charge in [0.1, 0.15) is 6.29 Å². The molecule has 6 nitrogen and oxygen atoms in total. The van der Waals surface area contributed by atoms with Crippen molar-refractivity contribution in [3.63, 3.8) is 0 Å². The molecule has 0 heterocycles. The number of ether oxygens (including phenoxy) is 2. The first kappa shape index (κ1) is 21.6. The van der Waals surface area contributed by atoms with E-state index in [-0.39, 0.29) is 18.4 Å².